The van der Waals surface area contributed by atoms with Gasteiger partial charge in [0.15, 0.2) is 0 Å². The Kier molecular flexibility index (Phi) is 3.81. The monoisotopic (exact) mass is 251 g/mol. The van der Waals surface area contributed by atoms with Crippen LogP contribution in [-0.2, 0) is 11.8 Å². The molecule has 2 rings (SSSR count). The Bertz CT molecular complexity index is 469. The van der Waals surface area contributed by atoms with Gasteiger partial charge in [0.05, 0.1) is 17.3 Å². The Morgan fingerprint density at radius 3 is 2.25 bits per heavy atom. The summed E-state index contributed by atoms with van der Waals surface area (Å²) >= 11 is 11.7. The van der Waals surface area contributed by atoms with Crippen molar-refractivity contribution in [3.63, 3.8) is 0 Å². The van der Waals surface area contributed by atoms with E-state index in [4.69, 9.17) is 23.2 Å². The van der Waals surface area contributed by atoms with Crippen LogP contribution in [0.4, 0.5) is 0 Å². The number of alkyl halides is 2. The van der Waals surface area contributed by atoms with E-state index in [1.807, 2.05) is 42.5 Å². The first-order valence-corrected chi connectivity index (χ1v) is 6.08. The molecule has 1 aromatic carbocycles. The lowest BCUT2D eigenvalue weighted by molar-refractivity contribution is 1.11. The van der Waals surface area contributed by atoms with E-state index in [1.165, 1.54) is 0 Å². The molecule has 16 heavy (non-hydrogen) atoms. The quantitative estimate of drug-likeness (QED) is 0.745. The molecule has 0 aliphatic heterocycles. The zero-order chi connectivity index (χ0) is 11.4. The maximum absolute atomic E-state index is 5.85. The molecule has 0 spiro atoms. The van der Waals surface area contributed by atoms with Gasteiger partial charge in [0, 0.05) is 11.4 Å². The van der Waals surface area contributed by atoms with Crippen LogP contribution in [0.25, 0.3) is 11.3 Å². The van der Waals surface area contributed by atoms with Gasteiger partial charge in [0.1, 0.15) is 0 Å². The van der Waals surface area contributed by atoms with E-state index in [0.717, 1.165) is 22.5 Å². The van der Waals surface area contributed by atoms with Crippen LogP contribution in [0.2, 0.25) is 0 Å². The average molecular weight is 252 g/mol. The highest BCUT2D eigenvalue weighted by molar-refractivity contribution is 6.18. The standard InChI is InChI=1S/C13H11Cl2N/c14-8-11-6-7-12(16-13(11)9-15)10-4-2-1-3-5-10/h1-7H,8-9H2. The van der Waals surface area contributed by atoms with Gasteiger partial charge in [-0.05, 0) is 11.6 Å². The summed E-state index contributed by atoms with van der Waals surface area (Å²) in [6.07, 6.45) is 0. The summed E-state index contributed by atoms with van der Waals surface area (Å²) in [4.78, 5) is 4.52. The normalized spacial score (nSPS) is 10.4. The largest absolute Gasteiger partial charge is 0.251 e. The molecule has 3 heteroatoms. The predicted octanol–water partition coefficient (Wildman–Crippen LogP) is 4.23. The zero-order valence-electron chi connectivity index (χ0n) is 8.66. The second kappa shape index (κ2) is 5.33. The fourth-order valence-electron chi connectivity index (χ4n) is 1.54. The molecule has 0 bridgehead atoms. The molecule has 0 saturated carbocycles. The topological polar surface area (TPSA) is 12.9 Å². The van der Waals surface area contributed by atoms with Gasteiger partial charge in [-0.15, -0.1) is 23.2 Å². The smallest absolute Gasteiger partial charge is 0.0706 e. The molecular formula is C13H11Cl2N. The first-order chi connectivity index (χ1) is 7.85. The molecule has 0 saturated heterocycles. The number of pyridine rings is 1. The van der Waals surface area contributed by atoms with Crippen LogP contribution in [0.15, 0.2) is 42.5 Å². The second-order valence-electron chi connectivity index (χ2n) is 3.44. The van der Waals surface area contributed by atoms with Gasteiger partial charge in [-0.2, -0.15) is 0 Å². The van der Waals surface area contributed by atoms with Crippen LogP contribution in [0.5, 0.6) is 0 Å². The number of aromatic nitrogens is 1. The summed E-state index contributed by atoms with van der Waals surface area (Å²) in [5.74, 6) is 0.840. The SMILES string of the molecule is ClCc1ccc(-c2ccccc2)nc1CCl. The molecular weight excluding hydrogens is 241 g/mol. The average Bonchev–Trinajstić information content (AvgIpc) is 2.39. The van der Waals surface area contributed by atoms with Crippen LogP contribution in [0, 0.1) is 0 Å². The molecule has 0 aliphatic rings. The van der Waals surface area contributed by atoms with Gasteiger partial charge in [-0.3, -0.25) is 4.98 Å². The van der Waals surface area contributed by atoms with Gasteiger partial charge >= 0.3 is 0 Å². The van der Waals surface area contributed by atoms with E-state index in [-0.39, 0.29) is 0 Å². The molecule has 0 unspecified atom stereocenters. The zero-order valence-corrected chi connectivity index (χ0v) is 10.2. The van der Waals surface area contributed by atoms with Crippen molar-refractivity contribution >= 4 is 23.2 Å². The molecule has 0 radical (unpaired) electrons. The van der Waals surface area contributed by atoms with Crippen LogP contribution < -0.4 is 0 Å². The van der Waals surface area contributed by atoms with E-state index in [9.17, 15) is 0 Å². The highest BCUT2D eigenvalue weighted by Gasteiger charge is 2.05. The highest BCUT2D eigenvalue weighted by Crippen LogP contribution is 2.20. The molecule has 1 heterocycles. The van der Waals surface area contributed by atoms with Crippen LogP contribution in [0.3, 0.4) is 0 Å². The fourth-order valence-corrected chi connectivity index (χ4v) is 2.01. The summed E-state index contributed by atoms with van der Waals surface area (Å²) in [6.45, 7) is 0. The Morgan fingerprint density at radius 1 is 0.875 bits per heavy atom. The van der Waals surface area contributed by atoms with Gasteiger partial charge in [0.25, 0.3) is 0 Å². The minimum absolute atomic E-state index is 0.392. The molecule has 0 fully saturated rings. The lowest BCUT2D eigenvalue weighted by Crippen LogP contribution is -1.95. The minimum Gasteiger partial charge on any atom is -0.251 e. The Morgan fingerprint density at radius 2 is 1.62 bits per heavy atom. The molecule has 0 aliphatic carbocycles. The van der Waals surface area contributed by atoms with Crippen molar-refractivity contribution in [3.8, 4) is 11.3 Å². The Balaban J connectivity index is 2.44. The van der Waals surface area contributed by atoms with E-state index in [1.54, 1.807) is 0 Å². The fraction of sp³-hybridized carbons (Fsp3) is 0.154. The number of halogens is 2. The number of hydrogen-bond acceptors (Lipinski definition) is 1. The van der Waals surface area contributed by atoms with Crippen molar-refractivity contribution in [2.45, 2.75) is 11.8 Å². The highest BCUT2D eigenvalue weighted by atomic mass is 35.5. The third kappa shape index (κ3) is 2.37. The minimum atomic E-state index is 0.392. The molecule has 0 N–H and O–H groups in total. The molecule has 2 aromatic rings. The Hall–Kier alpha value is -1.05. The van der Waals surface area contributed by atoms with Gasteiger partial charge in [-0.25, -0.2) is 0 Å². The summed E-state index contributed by atoms with van der Waals surface area (Å²) in [6, 6.07) is 14.0. The number of benzene rings is 1. The lowest BCUT2D eigenvalue weighted by Gasteiger charge is -2.06. The first-order valence-electron chi connectivity index (χ1n) is 5.01. The van der Waals surface area contributed by atoms with E-state index in [2.05, 4.69) is 4.98 Å². The lowest BCUT2D eigenvalue weighted by atomic mass is 10.1. The first kappa shape index (κ1) is 11.4. The van der Waals surface area contributed by atoms with Crippen molar-refractivity contribution < 1.29 is 0 Å². The Labute approximate surface area is 105 Å². The van der Waals surface area contributed by atoms with Crippen molar-refractivity contribution in [1.82, 2.24) is 4.98 Å². The third-order valence-electron chi connectivity index (χ3n) is 2.41. The molecule has 1 nitrogen and oxygen atoms in total. The van der Waals surface area contributed by atoms with Gasteiger partial charge in [0.2, 0.25) is 0 Å². The summed E-state index contributed by atoms with van der Waals surface area (Å²) in [7, 11) is 0. The van der Waals surface area contributed by atoms with Gasteiger partial charge < -0.3 is 0 Å². The van der Waals surface area contributed by atoms with Crippen LogP contribution >= 0.6 is 23.2 Å². The third-order valence-corrected chi connectivity index (χ3v) is 2.95. The number of hydrogen-bond donors (Lipinski definition) is 0. The summed E-state index contributed by atoms with van der Waals surface area (Å²) in [5.41, 5.74) is 3.88. The van der Waals surface area contributed by atoms with Crippen LogP contribution in [0.1, 0.15) is 11.3 Å². The van der Waals surface area contributed by atoms with Crippen molar-refractivity contribution in [3.05, 3.63) is 53.7 Å². The number of rotatable bonds is 3. The molecule has 0 amide bonds. The van der Waals surface area contributed by atoms with Gasteiger partial charge in [-0.1, -0.05) is 36.4 Å². The molecule has 0 atom stereocenters. The molecule has 82 valence electrons. The van der Waals surface area contributed by atoms with E-state index < -0.39 is 0 Å². The number of nitrogens with zero attached hydrogens (tertiary/aromatic N) is 1. The van der Waals surface area contributed by atoms with E-state index in [0.29, 0.717) is 11.8 Å². The van der Waals surface area contributed by atoms with E-state index >= 15 is 0 Å². The maximum Gasteiger partial charge on any atom is 0.0706 e. The maximum atomic E-state index is 5.85. The van der Waals surface area contributed by atoms with Crippen molar-refractivity contribution in [1.29, 1.82) is 0 Å². The summed E-state index contributed by atoms with van der Waals surface area (Å²) in [5, 5.41) is 0. The molecule has 1 aromatic heterocycles. The summed E-state index contributed by atoms with van der Waals surface area (Å²) < 4.78 is 0. The predicted molar refractivity (Wildman–Crippen MR) is 68.8 cm³/mol. The second-order valence-corrected chi connectivity index (χ2v) is 3.97. The van der Waals surface area contributed by atoms with Crippen molar-refractivity contribution in [2.24, 2.45) is 0 Å². The van der Waals surface area contributed by atoms with Crippen LogP contribution in [-0.4, -0.2) is 4.98 Å². The van der Waals surface area contributed by atoms with Crippen molar-refractivity contribution in [2.75, 3.05) is 0 Å².